The first-order chi connectivity index (χ1) is 11.4. The Balaban J connectivity index is 1.86. The van der Waals surface area contributed by atoms with Crippen LogP contribution in [0.3, 0.4) is 0 Å². The second-order valence-electron chi connectivity index (χ2n) is 9.26. The summed E-state index contributed by atoms with van der Waals surface area (Å²) in [7, 11) is 0. The molecule has 0 saturated heterocycles. The fourth-order valence-corrected chi connectivity index (χ4v) is 5.56. The van der Waals surface area contributed by atoms with Gasteiger partial charge in [0.25, 0.3) is 0 Å². The Morgan fingerprint density at radius 3 is 1.62 bits per heavy atom. The van der Waals surface area contributed by atoms with E-state index < -0.39 is 5.41 Å². The van der Waals surface area contributed by atoms with E-state index in [1.54, 1.807) is 0 Å². The summed E-state index contributed by atoms with van der Waals surface area (Å²) >= 11 is 0. The van der Waals surface area contributed by atoms with Gasteiger partial charge in [-0.1, -0.05) is 25.7 Å². The Labute approximate surface area is 147 Å². The average Bonchev–Trinajstić information content (AvgIpc) is 2.56. The summed E-state index contributed by atoms with van der Waals surface area (Å²) in [6, 6.07) is 0. The molecule has 3 saturated carbocycles. The molecule has 0 spiro atoms. The lowest BCUT2D eigenvalue weighted by Crippen LogP contribution is -2.56. The third-order valence-corrected chi connectivity index (χ3v) is 6.65. The van der Waals surface area contributed by atoms with E-state index in [2.05, 4.69) is 6.92 Å². The molecular formula is C21H36O3. The second kappa shape index (κ2) is 7.35. The van der Waals surface area contributed by atoms with Crippen molar-refractivity contribution in [3.63, 3.8) is 0 Å². The van der Waals surface area contributed by atoms with Gasteiger partial charge in [-0.3, -0.25) is 4.79 Å². The Kier molecular flexibility index (Phi) is 5.58. The molecule has 24 heavy (non-hydrogen) atoms. The molecule has 3 fully saturated rings. The number of carbonyl (C=O) groups is 1. The van der Waals surface area contributed by atoms with Gasteiger partial charge in [-0.15, -0.1) is 0 Å². The highest BCUT2D eigenvalue weighted by Crippen LogP contribution is 2.52. The van der Waals surface area contributed by atoms with E-state index in [1.165, 1.54) is 51.4 Å². The average molecular weight is 337 g/mol. The highest BCUT2D eigenvalue weighted by Gasteiger charge is 2.53. The van der Waals surface area contributed by atoms with Crippen LogP contribution in [0.15, 0.2) is 0 Å². The van der Waals surface area contributed by atoms with Crippen LogP contribution in [0.25, 0.3) is 0 Å². The summed E-state index contributed by atoms with van der Waals surface area (Å²) in [5.41, 5.74) is -0.412. The first-order valence-electron chi connectivity index (χ1n) is 10.3. The van der Waals surface area contributed by atoms with Crippen LogP contribution < -0.4 is 0 Å². The molecule has 3 nitrogen and oxygen atoms in total. The Hall–Kier alpha value is -0.570. The minimum atomic E-state index is -0.412. The maximum absolute atomic E-state index is 12.6. The van der Waals surface area contributed by atoms with Gasteiger partial charge in [-0.25, -0.2) is 0 Å². The van der Waals surface area contributed by atoms with Crippen LogP contribution in [0.2, 0.25) is 0 Å². The third kappa shape index (κ3) is 3.52. The Bertz CT molecular complexity index is 415. The maximum atomic E-state index is 12.6. The van der Waals surface area contributed by atoms with Crippen molar-refractivity contribution in [1.82, 2.24) is 0 Å². The molecule has 0 aromatic heterocycles. The van der Waals surface area contributed by atoms with Crippen molar-refractivity contribution in [3.8, 4) is 0 Å². The zero-order valence-corrected chi connectivity index (χ0v) is 16.1. The molecule has 0 bridgehead atoms. The lowest BCUT2D eigenvalue weighted by atomic mass is 9.56. The van der Waals surface area contributed by atoms with Crippen molar-refractivity contribution >= 4 is 5.97 Å². The molecule has 4 unspecified atom stereocenters. The molecule has 0 aliphatic heterocycles. The predicted molar refractivity (Wildman–Crippen MR) is 95.6 cm³/mol. The summed E-state index contributed by atoms with van der Waals surface area (Å²) < 4.78 is 12.5. The van der Waals surface area contributed by atoms with Crippen LogP contribution >= 0.6 is 0 Å². The van der Waals surface area contributed by atoms with Gasteiger partial charge >= 0.3 is 5.97 Å². The van der Waals surface area contributed by atoms with Crippen molar-refractivity contribution < 1.29 is 14.3 Å². The van der Waals surface area contributed by atoms with E-state index in [4.69, 9.17) is 9.47 Å². The maximum Gasteiger partial charge on any atom is 0.311 e. The van der Waals surface area contributed by atoms with Gasteiger partial charge in [0.2, 0.25) is 0 Å². The molecular weight excluding hydrogens is 300 g/mol. The number of esters is 1. The van der Waals surface area contributed by atoms with Gasteiger partial charge in [-0.05, 0) is 65.2 Å². The van der Waals surface area contributed by atoms with Gasteiger partial charge in [-0.2, -0.15) is 0 Å². The van der Waals surface area contributed by atoms with Crippen molar-refractivity contribution in [2.45, 2.75) is 91.3 Å². The van der Waals surface area contributed by atoms with Gasteiger partial charge in [0.05, 0.1) is 11.5 Å². The fourth-order valence-electron chi connectivity index (χ4n) is 5.56. The van der Waals surface area contributed by atoms with E-state index in [0.717, 1.165) is 6.61 Å². The van der Waals surface area contributed by atoms with Crippen LogP contribution in [0, 0.1) is 29.1 Å². The van der Waals surface area contributed by atoms with Gasteiger partial charge in [0.1, 0.15) is 6.10 Å². The zero-order valence-electron chi connectivity index (χ0n) is 16.1. The number of ether oxygens (including phenoxy) is 2. The minimum absolute atomic E-state index is 0.0176. The zero-order chi connectivity index (χ0) is 17.3. The monoisotopic (exact) mass is 336 g/mol. The molecule has 138 valence electrons. The van der Waals surface area contributed by atoms with Crippen LogP contribution in [-0.4, -0.2) is 24.8 Å². The molecule has 0 aromatic carbocycles. The number of fused-ring (bicyclic) bond motifs is 2. The van der Waals surface area contributed by atoms with E-state index in [1.807, 2.05) is 20.8 Å². The molecule has 4 atom stereocenters. The highest BCUT2D eigenvalue weighted by atomic mass is 16.5. The van der Waals surface area contributed by atoms with Crippen molar-refractivity contribution in [2.24, 2.45) is 29.1 Å². The summed E-state index contributed by atoms with van der Waals surface area (Å²) in [6.45, 7) is 8.85. The van der Waals surface area contributed by atoms with Crippen LogP contribution in [0.1, 0.15) is 79.1 Å². The largest absolute Gasteiger partial charge is 0.461 e. The van der Waals surface area contributed by atoms with Gasteiger partial charge < -0.3 is 9.47 Å². The van der Waals surface area contributed by atoms with E-state index in [9.17, 15) is 4.79 Å². The molecule has 0 amide bonds. The molecule has 3 aliphatic rings. The highest BCUT2D eigenvalue weighted by molar-refractivity contribution is 5.75. The van der Waals surface area contributed by atoms with E-state index in [0.29, 0.717) is 29.8 Å². The number of carbonyl (C=O) groups excluding carboxylic acids is 1. The molecule has 0 heterocycles. The van der Waals surface area contributed by atoms with Crippen LogP contribution in [0.5, 0.6) is 0 Å². The fraction of sp³-hybridized carbons (Fsp3) is 0.952. The summed E-state index contributed by atoms with van der Waals surface area (Å²) in [6.07, 6.45) is 10.6. The van der Waals surface area contributed by atoms with Crippen LogP contribution in [0.4, 0.5) is 0 Å². The van der Waals surface area contributed by atoms with Crippen molar-refractivity contribution in [3.05, 3.63) is 0 Å². The quantitative estimate of drug-likeness (QED) is 0.682. The molecule has 0 aromatic rings. The lowest BCUT2D eigenvalue weighted by molar-refractivity contribution is -0.197. The Morgan fingerprint density at radius 2 is 1.25 bits per heavy atom. The summed E-state index contributed by atoms with van der Waals surface area (Å²) in [5, 5.41) is 0. The summed E-state index contributed by atoms with van der Waals surface area (Å²) in [4.78, 5) is 12.6. The number of hydrogen-bond donors (Lipinski definition) is 0. The SMILES string of the molecule is CCOC1C2CCCCC2C(OC(=O)C(C)(C)C)C2CCCCC21. The van der Waals surface area contributed by atoms with Gasteiger partial charge in [0, 0.05) is 18.4 Å². The molecule has 3 rings (SSSR count). The normalized spacial score (nSPS) is 39.7. The second-order valence-corrected chi connectivity index (χ2v) is 9.26. The first kappa shape index (κ1) is 18.2. The number of hydrogen-bond acceptors (Lipinski definition) is 3. The number of rotatable bonds is 3. The van der Waals surface area contributed by atoms with Crippen molar-refractivity contribution in [2.75, 3.05) is 6.61 Å². The smallest absolute Gasteiger partial charge is 0.311 e. The van der Waals surface area contributed by atoms with Crippen LogP contribution in [-0.2, 0) is 14.3 Å². The first-order valence-corrected chi connectivity index (χ1v) is 10.3. The third-order valence-electron chi connectivity index (χ3n) is 6.65. The molecule has 3 aliphatic carbocycles. The topological polar surface area (TPSA) is 35.5 Å². The van der Waals surface area contributed by atoms with Crippen molar-refractivity contribution in [1.29, 1.82) is 0 Å². The summed E-state index contributed by atoms with van der Waals surface area (Å²) in [5.74, 6) is 2.20. The lowest BCUT2D eigenvalue weighted by Gasteiger charge is -2.54. The van der Waals surface area contributed by atoms with E-state index >= 15 is 0 Å². The van der Waals surface area contributed by atoms with Gasteiger partial charge in [0.15, 0.2) is 0 Å². The minimum Gasteiger partial charge on any atom is -0.461 e. The molecule has 0 N–H and O–H groups in total. The standard InChI is InChI=1S/C21H36O3/c1-5-23-18-14-10-6-8-12-16(14)19(24-20(22)21(2,3)4)17-13-9-7-11-15(17)18/h14-19H,5-13H2,1-4H3. The molecule has 3 heteroatoms. The predicted octanol–water partition coefficient (Wildman–Crippen LogP) is 4.98. The van der Waals surface area contributed by atoms with E-state index in [-0.39, 0.29) is 12.1 Å². The Morgan fingerprint density at radius 1 is 0.833 bits per heavy atom. The molecule has 0 radical (unpaired) electrons.